The lowest BCUT2D eigenvalue weighted by atomic mass is 10.0. The van der Waals surface area contributed by atoms with Crippen LogP contribution in [0.4, 0.5) is 4.79 Å². The van der Waals surface area contributed by atoms with Crippen molar-refractivity contribution in [2.75, 3.05) is 0 Å². The molecule has 2 N–H and O–H groups in total. The van der Waals surface area contributed by atoms with Gasteiger partial charge in [0.05, 0.1) is 4.91 Å². The van der Waals surface area contributed by atoms with Gasteiger partial charge in [-0.15, -0.1) is 12.6 Å². The largest absolute Gasteiger partial charge is 0.479 e. The summed E-state index contributed by atoms with van der Waals surface area (Å²) in [5.41, 5.74) is 1.37. The van der Waals surface area contributed by atoms with Crippen LogP contribution in [-0.4, -0.2) is 38.3 Å². The predicted molar refractivity (Wildman–Crippen MR) is 149 cm³/mol. The van der Waals surface area contributed by atoms with Crippen LogP contribution in [0.15, 0.2) is 76.1 Å². The zero-order valence-corrected chi connectivity index (χ0v) is 22.8. The van der Waals surface area contributed by atoms with E-state index in [4.69, 9.17) is 9.15 Å². The Hall–Kier alpha value is -3.63. The SMILES string of the molecule is CC(C)(C)OC(=O)NC(C(=O)O)c1ccc(-c2ccc(/C=C3\SC(S)N(Cc4ccccc4)C3=O)o2)cc1. The van der Waals surface area contributed by atoms with Gasteiger partial charge in [-0.25, -0.2) is 9.59 Å². The number of carboxylic acids is 1. The zero-order valence-electron chi connectivity index (χ0n) is 21.1. The number of furan rings is 1. The average Bonchev–Trinajstić information content (AvgIpc) is 3.42. The molecule has 0 aliphatic carbocycles. The maximum absolute atomic E-state index is 13.0. The second-order valence-corrected chi connectivity index (χ2v) is 11.6. The molecule has 0 radical (unpaired) electrons. The van der Waals surface area contributed by atoms with Crippen LogP contribution in [0.2, 0.25) is 0 Å². The molecule has 8 nitrogen and oxygen atoms in total. The summed E-state index contributed by atoms with van der Waals surface area (Å²) >= 11 is 5.93. The molecule has 4 rings (SSSR count). The molecule has 0 saturated carbocycles. The zero-order chi connectivity index (χ0) is 27.4. The summed E-state index contributed by atoms with van der Waals surface area (Å²) in [4.78, 5) is 39.1. The Labute approximate surface area is 230 Å². The highest BCUT2D eigenvalue weighted by atomic mass is 32.2. The summed E-state index contributed by atoms with van der Waals surface area (Å²) < 4.78 is 10.8. The topological polar surface area (TPSA) is 109 Å². The number of thiol groups is 1. The van der Waals surface area contributed by atoms with Gasteiger partial charge in [0.1, 0.15) is 21.8 Å². The van der Waals surface area contributed by atoms with Gasteiger partial charge < -0.3 is 24.5 Å². The predicted octanol–water partition coefficient (Wildman–Crippen LogP) is 5.93. The van der Waals surface area contributed by atoms with Gasteiger partial charge in [-0.2, -0.15) is 0 Å². The lowest BCUT2D eigenvalue weighted by Crippen LogP contribution is -2.38. The first-order valence-corrected chi connectivity index (χ1v) is 13.2. The number of alkyl carbamates (subject to hydrolysis) is 1. The lowest BCUT2D eigenvalue weighted by Gasteiger charge is -2.22. The fourth-order valence-electron chi connectivity index (χ4n) is 3.76. The third kappa shape index (κ3) is 6.81. The van der Waals surface area contributed by atoms with Crippen LogP contribution in [0.5, 0.6) is 0 Å². The highest BCUT2D eigenvalue weighted by Crippen LogP contribution is 2.39. The Balaban J connectivity index is 1.45. The third-order valence-corrected chi connectivity index (χ3v) is 7.11. The summed E-state index contributed by atoms with van der Waals surface area (Å²) in [5, 5.41) is 12.0. The van der Waals surface area contributed by atoms with Gasteiger partial charge in [-0.1, -0.05) is 66.4 Å². The molecule has 10 heteroatoms. The summed E-state index contributed by atoms with van der Waals surface area (Å²) in [6, 6.07) is 18.6. The molecule has 0 bridgehead atoms. The minimum Gasteiger partial charge on any atom is -0.479 e. The second kappa shape index (κ2) is 11.4. The summed E-state index contributed by atoms with van der Waals surface area (Å²) in [6.45, 7) is 5.56. The number of hydrogen-bond acceptors (Lipinski definition) is 7. The Kier molecular flexibility index (Phi) is 8.23. The van der Waals surface area contributed by atoms with Crippen LogP contribution in [0, 0.1) is 0 Å². The molecular formula is C28H28N2O6S2. The van der Waals surface area contributed by atoms with Crippen LogP contribution in [0.1, 0.15) is 43.7 Å². The molecule has 2 amide bonds. The van der Waals surface area contributed by atoms with Gasteiger partial charge in [0.15, 0.2) is 6.04 Å². The van der Waals surface area contributed by atoms with Gasteiger partial charge >= 0.3 is 12.1 Å². The van der Waals surface area contributed by atoms with Crippen molar-refractivity contribution < 1.29 is 28.6 Å². The Morgan fingerprint density at radius 3 is 2.45 bits per heavy atom. The standard InChI is InChI=1S/C28H28N2O6S2/c1-28(2,3)36-26(34)29-23(25(32)33)19-11-9-18(10-12-19)21-14-13-20(35-21)15-22-24(31)30(27(37)38-22)16-17-7-5-4-6-8-17/h4-15,23,27,37H,16H2,1-3H3,(H,29,34)(H,32,33)/b22-15-. The number of nitrogens with zero attached hydrogens (tertiary/aromatic N) is 1. The maximum Gasteiger partial charge on any atom is 0.408 e. The summed E-state index contributed by atoms with van der Waals surface area (Å²) in [5.74, 6) is -0.261. The summed E-state index contributed by atoms with van der Waals surface area (Å²) in [6.07, 6.45) is 0.882. The summed E-state index contributed by atoms with van der Waals surface area (Å²) in [7, 11) is 0. The first-order chi connectivity index (χ1) is 18.0. The van der Waals surface area contributed by atoms with E-state index in [9.17, 15) is 19.5 Å². The minimum atomic E-state index is -1.27. The quantitative estimate of drug-likeness (QED) is 0.246. The molecule has 1 aromatic heterocycles. The fourth-order valence-corrected chi connectivity index (χ4v) is 5.22. The van der Waals surface area contributed by atoms with Gasteiger partial charge in [0.2, 0.25) is 0 Å². The molecule has 38 heavy (non-hydrogen) atoms. The number of carbonyl (C=O) groups is 3. The smallest absolute Gasteiger partial charge is 0.408 e. The maximum atomic E-state index is 13.0. The van der Waals surface area contributed by atoms with Crippen molar-refractivity contribution in [3.8, 4) is 11.3 Å². The van der Waals surface area contributed by atoms with E-state index in [2.05, 4.69) is 17.9 Å². The van der Waals surface area contributed by atoms with Gasteiger partial charge in [-0.05, 0) is 44.0 Å². The first-order valence-electron chi connectivity index (χ1n) is 11.8. The molecule has 1 fully saturated rings. The molecule has 2 unspecified atom stereocenters. The van der Waals surface area contributed by atoms with E-state index in [0.29, 0.717) is 34.1 Å². The molecule has 3 aromatic rings. The number of hydrogen-bond donors (Lipinski definition) is 3. The fraction of sp³-hybridized carbons (Fsp3) is 0.250. The van der Waals surface area contributed by atoms with E-state index in [1.54, 1.807) is 68.1 Å². The van der Waals surface area contributed by atoms with E-state index in [-0.39, 0.29) is 10.6 Å². The highest BCUT2D eigenvalue weighted by molar-refractivity contribution is 8.14. The van der Waals surface area contributed by atoms with Crippen molar-refractivity contribution in [1.82, 2.24) is 10.2 Å². The molecule has 2 heterocycles. The van der Waals surface area contributed by atoms with E-state index >= 15 is 0 Å². The number of carbonyl (C=O) groups excluding carboxylic acids is 2. The number of carboxylic acid groups (broad SMARTS) is 1. The molecule has 0 spiro atoms. The Bertz CT molecular complexity index is 1350. The van der Waals surface area contributed by atoms with Crippen molar-refractivity contribution in [3.05, 3.63) is 88.5 Å². The molecule has 1 saturated heterocycles. The van der Waals surface area contributed by atoms with Gasteiger partial charge in [0.25, 0.3) is 5.91 Å². The van der Waals surface area contributed by atoms with E-state index in [1.807, 2.05) is 30.3 Å². The van der Waals surface area contributed by atoms with Crippen LogP contribution in [0.25, 0.3) is 17.4 Å². The van der Waals surface area contributed by atoms with Crippen LogP contribution in [0.3, 0.4) is 0 Å². The average molecular weight is 553 g/mol. The number of nitrogens with one attached hydrogen (secondary N) is 1. The number of amides is 2. The van der Waals surface area contributed by atoms with Crippen molar-refractivity contribution >= 4 is 48.4 Å². The van der Waals surface area contributed by atoms with E-state index < -0.39 is 23.7 Å². The monoisotopic (exact) mass is 552 g/mol. The number of benzene rings is 2. The molecule has 2 aromatic carbocycles. The van der Waals surface area contributed by atoms with Crippen LogP contribution in [-0.2, 0) is 20.9 Å². The molecule has 1 aliphatic heterocycles. The molecule has 198 valence electrons. The lowest BCUT2D eigenvalue weighted by molar-refractivity contribution is -0.139. The van der Waals surface area contributed by atoms with Crippen molar-refractivity contribution in [3.63, 3.8) is 0 Å². The van der Waals surface area contributed by atoms with Crippen molar-refractivity contribution in [2.45, 2.75) is 43.7 Å². The van der Waals surface area contributed by atoms with Gasteiger partial charge in [0, 0.05) is 18.2 Å². The van der Waals surface area contributed by atoms with E-state index in [1.165, 1.54) is 11.8 Å². The second-order valence-electron chi connectivity index (χ2n) is 9.61. The van der Waals surface area contributed by atoms with Crippen molar-refractivity contribution in [1.29, 1.82) is 0 Å². The van der Waals surface area contributed by atoms with Crippen molar-refractivity contribution in [2.24, 2.45) is 0 Å². The third-order valence-electron chi connectivity index (χ3n) is 5.50. The van der Waals surface area contributed by atoms with Crippen LogP contribution < -0.4 is 5.32 Å². The number of aliphatic carboxylic acids is 1. The molecular weight excluding hydrogens is 524 g/mol. The first kappa shape index (κ1) is 27.4. The minimum absolute atomic E-state index is 0.113. The Morgan fingerprint density at radius 1 is 1.13 bits per heavy atom. The highest BCUT2D eigenvalue weighted by Gasteiger charge is 2.34. The number of thioether (sulfide) groups is 1. The Morgan fingerprint density at radius 2 is 1.82 bits per heavy atom. The normalized spacial score (nSPS) is 17.5. The number of ether oxygens (including phenoxy) is 1. The number of rotatable bonds is 7. The van der Waals surface area contributed by atoms with E-state index in [0.717, 1.165) is 5.56 Å². The molecule has 2 atom stereocenters. The molecule has 1 aliphatic rings. The van der Waals surface area contributed by atoms with Gasteiger partial charge in [-0.3, -0.25) is 4.79 Å². The van der Waals surface area contributed by atoms with Crippen LogP contribution >= 0.6 is 24.4 Å².